The van der Waals surface area contributed by atoms with Crippen LogP contribution in [0.3, 0.4) is 0 Å². The maximum atomic E-state index is 15.8. The molecule has 3 heterocycles. The van der Waals surface area contributed by atoms with E-state index in [2.05, 4.69) is 26.7 Å². The number of rotatable bonds is 9. The number of aryl methyl sites for hydroxylation is 1. The average Bonchev–Trinajstić information content (AvgIpc) is 3.66. The molecule has 8 nitrogen and oxygen atoms in total. The molecule has 1 aliphatic carbocycles. The van der Waals surface area contributed by atoms with Gasteiger partial charge in [0.2, 0.25) is 11.8 Å². The summed E-state index contributed by atoms with van der Waals surface area (Å²) >= 11 is 0. The first-order chi connectivity index (χ1) is 20.3. The number of fused-ring (bicyclic) bond motifs is 2. The van der Waals surface area contributed by atoms with Crippen molar-refractivity contribution in [2.75, 3.05) is 16.8 Å². The average molecular weight is 604 g/mol. The number of amides is 2. The molecule has 1 aliphatic heterocycles. The van der Waals surface area contributed by atoms with Crippen LogP contribution in [0.1, 0.15) is 61.3 Å². The monoisotopic (exact) mass is 603 g/mol. The number of benzene rings is 1. The second-order valence-electron chi connectivity index (χ2n) is 10.9. The zero-order chi connectivity index (χ0) is 31.3. The molecule has 1 N–H and O–H groups in total. The van der Waals surface area contributed by atoms with Crippen molar-refractivity contribution in [2.24, 2.45) is 0 Å². The Hall–Kier alpha value is -4.13. The van der Waals surface area contributed by atoms with Crippen LogP contribution in [-0.4, -0.2) is 39.5 Å². The van der Waals surface area contributed by atoms with Gasteiger partial charge in [-0.25, -0.2) is 8.78 Å². The number of alkyl halides is 3. The Labute approximate surface area is 244 Å². The van der Waals surface area contributed by atoms with E-state index in [0.29, 0.717) is 36.0 Å². The Balaban J connectivity index is 1.53. The van der Waals surface area contributed by atoms with Gasteiger partial charge in [0.1, 0.15) is 11.4 Å². The van der Waals surface area contributed by atoms with Crippen LogP contribution in [0.15, 0.2) is 37.2 Å². The maximum absolute atomic E-state index is 15.8. The number of pyridine rings is 1. The molecule has 1 spiro atoms. The van der Waals surface area contributed by atoms with E-state index in [-0.39, 0.29) is 47.3 Å². The Kier molecular flexibility index (Phi) is 7.88. The number of carbonyl (C=O) groups is 2. The van der Waals surface area contributed by atoms with E-state index in [1.54, 1.807) is 13.0 Å². The molecule has 0 saturated heterocycles. The van der Waals surface area contributed by atoms with Crippen LogP contribution < -0.4 is 10.2 Å². The molecule has 228 valence electrons. The van der Waals surface area contributed by atoms with Gasteiger partial charge in [-0.05, 0) is 72.6 Å². The van der Waals surface area contributed by atoms with E-state index in [0.717, 1.165) is 6.08 Å². The quantitative estimate of drug-likeness (QED) is 0.230. The molecule has 1 atom stereocenters. The minimum Gasteiger partial charge on any atom is -0.319 e. The highest BCUT2D eigenvalue weighted by molar-refractivity contribution is 6.06. The SMILES string of the molecule is C=CC(=O)Nc1cn(CCOC(F)(F)F)nc1-c1cc2c(cn1)CN(c1c(F)c(C)cc(C(C)CC)c1F)C(=O)C21CC1. The lowest BCUT2D eigenvalue weighted by Crippen LogP contribution is -2.45. The number of aromatic nitrogens is 3. The third-order valence-corrected chi connectivity index (χ3v) is 8.07. The first-order valence-electron chi connectivity index (χ1n) is 13.8. The van der Waals surface area contributed by atoms with Crippen LogP contribution >= 0.6 is 0 Å². The molecule has 5 rings (SSSR count). The molecule has 1 unspecified atom stereocenters. The summed E-state index contributed by atoms with van der Waals surface area (Å²) in [6.45, 7) is 7.61. The predicted molar refractivity (Wildman–Crippen MR) is 148 cm³/mol. The van der Waals surface area contributed by atoms with Gasteiger partial charge in [-0.3, -0.25) is 24.0 Å². The molecule has 2 aliphatic rings. The Morgan fingerprint density at radius 2 is 1.98 bits per heavy atom. The third-order valence-electron chi connectivity index (χ3n) is 8.07. The summed E-state index contributed by atoms with van der Waals surface area (Å²) in [5, 5.41) is 6.89. The fourth-order valence-electron chi connectivity index (χ4n) is 5.44. The van der Waals surface area contributed by atoms with Gasteiger partial charge in [0.05, 0.1) is 36.5 Å². The predicted octanol–water partition coefficient (Wildman–Crippen LogP) is 6.28. The fraction of sp³-hybridized carbons (Fsp3) is 0.400. The molecular weight excluding hydrogens is 573 g/mol. The number of hydrogen-bond acceptors (Lipinski definition) is 5. The van der Waals surface area contributed by atoms with Crippen LogP contribution in [-0.2, 0) is 32.8 Å². The van der Waals surface area contributed by atoms with E-state index < -0.39 is 41.8 Å². The van der Waals surface area contributed by atoms with Crippen molar-refractivity contribution in [3.05, 3.63) is 71.1 Å². The lowest BCUT2D eigenvalue weighted by molar-refractivity contribution is -0.325. The number of carbonyl (C=O) groups excluding carboxylic acids is 2. The summed E-state index contributed by atoms with van der Waals surface area (Å²) in [6.07, 6.45) is 0.595. The van der Waals surface area contributed by atoms with Crippen LogP contribution in [0.25, 0.3) is 11.4 Å². The van der Waals surface area contributed by atoms with Gasteiger partial charge in [0.25, 0.3) is 0 Å². The number of ether oxygens (including phenoxy) is 1. The summed E-state index contributed by atoms with van der Waals surface area (Å²) in [4.78, 5) is 31.6. The van der Waals surface area contributed by atoms with E-state index in [4.69, 9.17) is 0 Å². The van der Waals surface area contributed by atoms with Crippen molar-refractivity contribution in [3.8, 4) is 11.4 Å². The summed E-state index contributed by atoms with van der Waals surface area (Å²) in [5.41, 5.74) is 1.02. The standard InChI is InChI=1S/C30H30F5N5O3/c1-5-16(3)19-11-17(4)24(31)27(25(19)32)40-14-18-13-36-21(12-20(18)29(7-8-29)28(40)42)26-22(37-23(41)6-2)15-39(38-26)9-10-43-30(33,34)35/h6,11-13,15-16H,2,5,7-10,14H2,1,3-4H3,(H,37,41). The molecule has 0 bridgehead atoms. The molecule has 1 aromatic carbocycles. The van der Waals surface area contributed by atoms with Crippen LogP contribution in [0, 0.1) is 18.6 Å². The van der Waals surface area contributed by atoms with Crippen molar-refractivity contribution >= 4 is 23.2 Å². The fourth-order valence-corrected chi connectivity index (χ4v) is 5.44. The number of hydrogen-bond donors (Lipinski definition) is 1. The Morgan fingerprint density at radius 3 is 2.60 bits per heavy atom. The Bertz CT molecular complexity index is 1610. The topological polar surface area (TPSA) is 89.3 Å². The molecule has 13 heteroatoms. The van der Waals surface area contributed by atoms with E-state index in [9.17, 15) is 22.8 Å². The van der Waals surface area contributed by atoms with Gasteiger partial charge in [-0.1, -0.05) is 20.4 Å². The zero-order valence-corrected chi connectivity index (χ0v) is 23.8. The molecule has 43 heavy (non-hydrogen) atoms. The van der Waals surface area contributed by atoms with Crippen LogP contribution in [0.2, 0.25) is 0 Å². The molecule has 3 aromatic rings. The molecule has 0 radical (unpaired) electrons. The Morgan fingerprint density at radius 1 is 1.26 bits per heavy atom. The minimum absolute atomic E-state index is 0.107. The lowest BCUT2D eigenvalue weighted by atomic mass is 9.85. The molecule has 2 amide bonds. The first-order valence-corrected chi connectivity index (χ1v) is 13.8. The van der Waals surface area contributed by atoms with Crippen molar-refractivity contribution < 1.29 is 36.3 Å². The van der Waals surface area contributed by atoms with Crippen molar-refractivity contribution in [2.45, 2.75) is 70.8 Å². The second kappa shape index (κ2) is 11.2. The van der Waals surface area contributed by atoms with Crippen molar-refractivity contribution in [3.63, 3.8) is 0 Å². The zero-order valence-electron chi connectivity index (χ0n) is 23.8. The number of anilines is 2. The highest BCUT2D eigenvalue weighted by atomic mass is 19.4. The van der Waals surface area contributed by atoms with Crippen molar-refractivity contribution in [1.82, 2.24) is 14.8 Å². The summed E-state index contributed by atoms with van der Waals surface area (Å²) in [7, 11) is 0. The minimum atomic E-state index is -4.81. The summed E-state index contributed by atoms with van der Waals surface area (Å²) in [6, 6.07) is 3.14. The highest BCUT2D eigenvalue weighted by Crippen LogP contribution is 2.55. The number of nitrogens with one attached hydrogen (secondary N) is 1. The van der Waals surface area contributed by atoms with Gasteiger partial charge in [0, 0.05) is 12.4 Å². The van der Waals surface area contributed by atoms with Crippen molar-refractivity contribution in [1.29, 1.82) is 0 Å². The highest BCUT2D eigenvalue weighted by Gasteiger charge is 2.57. The smallest absolute Gasteiger partial charge is 0.319 e. The lowest BCUT2D eigenvalue weighted by Gasteiger charge is -2.35. The number of nitrogens with zero attached hydrogens (tertiary/aromatic N) is 4. The van der Waals surface area contributed by atoms with Gasteiger partial charge < -0.3 is 10.2 Å². The normalized spacial score (nSPS) is 16.3. The number of halogens is 5. The first kappa shape index (κ1) is 30.3. The second-order valence-corrected chi connectivity index (χ2v) is 10.9. The molecule has 2 aromatic heterocycles. The van der Waals surface area contributed by atoms with Crippen LogP contribution in [0.5, 0.6) is 0 Å². The summed E-state index contributed by atoms with van der Waals surface area (Å²) < 4.78 is 73.7. The maximum Gasteiger partial charge on any atom is 0.522 e. The van der Waals surface area contributed by atoms with E-state index >= 15 is 8.78 Å². The van der Waals surface area contributed by atoms with Crippen LogP contribution in [0.4, 0.5) is 33.3 Å². The molecular formula is C30H30F5N5O3. The largest absolute Gasteiger partial charge is 0.522 e. The van der Waals surface area contributed by atoms with Gasteiger partial charge >= 0.3 is 6.36 Å². The van der Waals surface area contributed by atoms with Gasteiger partial charge in [-0.2, -0.15) is 5.10 Å². The molecule has 1 fully saturated rings. The molecule has 1 saturated carbocycles. The van der Waals surface area contributed by atoms with E-state index in [1.807, 2.05) is 13.8 Å². The summed E-state index contributed by atoms with van der Waals surface area (Å²) in [5.74, 6) is -2.72. The third kappa shape index (κ3) is 5.65. The van der Waals surface area contributed by atoms with Gasteiger partial charge in [-0.15, -0.1) is 13.2 Å². The van der Waals surface area contributed by atoms with E-state index in [1.165, 1.54) is 28.0 Å². The van der Waals surface area contributed by atoms with Gasteiger partial charge in [0.15, 0.2) is 11.6 Å².